The number of nitrogens with one attached hydrogen (secondary N) is 1. The van der Waals surface area contributed by atoms with Gasteiger partial charge in [-0.25, -0.2) is 8.42 Å². The summed E-state index contributed by atoms with van der Waals surface area (Å²) < 4.78 is 27.9. The minimum absolute atomic E-state index is 0.00785. The SMILES string of the molecule is CCCN(C[C@H](O)CN1C[C@H]2CCCC[C@H]2C[C@H]1C(=O)NC(C)(C)C)S(=O)(=O)c1cccc(N)c1. The molecule has 8 nitrogen and oxygen atoms in total. The molecule has 0 radical (unpaired) electrons. The number of sulfonamides is 1. The van der Waals surface area contributed by atoms with E-state index < -0.39 is 16.1 Å². The van der Waals surface area contributed by atoms with Gasteiger partial charge in [-0.05, 0) is 70.1 Å². The first kappa shape index (κ1) is 27.9. The topological polar surface area (TPSA) is 116 Å². The number of aliphatic hydroxyl groups excluding tert-OH is 1. The molecule has 0 spiro atoms. The fourth-order valence-electron chi connectivity index (χ4n) is 5.57. The zero-order valence-electron chi connectivity index (χ0n) is 21.7. The smallest absolute Gasteiger partial charge is 0.243 e. The minimum atomic E-state index is -3.80. The Hall–Kier alpha value is -1.68. The zero-order chi connectivity index (χ0) is 25.8. The van der Waals surface area contributed by atoms with Crippen LogP contribution >= 0.6 is 0 Å². The monoisotopic (exact) mass is 508 g/mol. The van der Waals surface area contributed by atoms with Gasteiger partial charge in [0.1, 0.15) is 0 Å². The van der Waals surface area contributed by atoms with Crippen LogP contribution in [-0.4, -0.2) is 72.5 Å². The molecule has 2 fully saturated rings. The van der Waals surface area contributed by atoms with Crippen LogP contribution in [-0.2, 0) is 14.8 Å². The maximum absolute atomic E-state index is 13.3. The Balaban J connectivity index is 1.76. The number of aliphatic hydroxyl groups is 1. The Kier molecular flexibility index (Phi) is 9.23. The van der Waals surface area contributed by atoms with Crippen molar-refractivity contribution in [1.29, 1.82) is 0 Å². The van der Waals surface area contributed by atoms with Crippen molar-refractivity contribution in [1.82, 2.24) is 14.5 Å². The number of likely N-dealkylation sites (tertiary alicyclic amines) is 1. The molecule has 2 aliphatic rings. The Labute approximate surface area is 211 Å². The number of rotatable bonds is 9. The van der Waals surface area contributed by atoms with Gasteiger partial charge in [-0.3, -0.25) is 9.69 Å². The summed E-state index contributed by atoms with van der Waals surface area (Å²) in [5.74, 6) is 1.05. The maximum Gasteiger partial charge on any atom is 0.243 e. The van der Waals surface area contributed by atoms with Gasteiger partial charge in [0.05, 0.1) is 17.0 Å². The van der Waals surface area contributed by atoms with Crippen molar-refractivity contribution in [3.05, 3.63) is 24.3 Å². The Morgan fingerprint density at radius 1 is 1.26 bits per heavy atom. The van der Waals surface area contributed by atoms with Gasteiger partial charge >= 0.3 is 0 Å². The normalized spacial score (nSPS) is 24.7. The molecule has 35 heavy (non-hydrogen) atoms. The predicted molar refractivity (Wildman–Crippen MR) is 139 cm³/mol. The van der Waals surface area contributed by atoms with Crippen LogP contribution < -0.4 is 11.1 Å². The largest absolute Gasteiger partial charge is 0.399 e. The number of piperidine rings is 1. The zero-order valence-corrected chi connectivity index (χ0v) is 22.6. The third kappa shape index (κ3) is 7.41. The molecular formula is C26H44N4O4S. The first-order chi connectivity index (χ1) is 16.4. The van der Waals surface area contributed by atoms with Gasteiger partial charge in [0.25, 0.3) is 0 Å². The molecule has 3 rings (SSSR count). The number of carbonyl (C=O) groups excluding carboxylic acids is 1. The number of amides is 1. The van der Waals surface area contributed by atoms with Crippen LogP contribution in [0.5, 0.6) is 0 Å². The van der Waals surface area contributed by atoms with Crippen LogP contribution in [0, 0.1) is 11.8 Å². The lowest BCUT2D eigenvalue weighted by atomic mass is 9.72. The first-order valence-corrected chi connectivity index (χ1v) is 14.4. The van der Waals surface area contributed by atoms with E-state index in [1.165, 1.54) is 29.3 Å². The molecule has 1 saturated heterocycles. The molecule has 4 N–H and O–H groups in total. The van der Waals surface area contributed by atoms with Crippen molar-refractivity contribution < 1.29 is 18.3 Å². The average molecular weight is 509 g/mol. The lowest BCUT2D eigenvalue weighted by Crippen LogP contribution is -2.59. The summed E-state index contributed by atoms with van der Waals surface area (Å²) in [4.78, 5) is 15.4. The molecule has 1 aromatic rings. The standard InChI is InChI=1S/C26H44N4O4S/c1-5-13-30(35(33,34)23-12-8-11-21(27)15-23)18-22(31)17-29-16-20-10-7-6-9-19(20)14-24(29)25(32)28-26(2,3)4/h8,11-12,15,19-20,22,24,31H,5-7,9-10,13-14,16-18,27H2,1-4H3,(H,28,32)/t19-,20+,22+,24-/m0/s1. The number of fused-ring (bicyclic) bond motifs is 1. The molecular weight excluding hydrogens is 464 g/mol. The number of β-amino-alcohol motifs (C(OH)–C–C–N with tert-alkyl or cyclic N) is 1. The Morgan fingerprint density at radius 3 is 2.57 bits per heavy atom. The van der Waals surface area contributed by atoms with Crippen LogP contribution in [0.4, 0.5) is 5.69 Å². The fraction of sp³-hybridized carbons (Fsp3) is 0.731. The van der Waals surface area contributed by atoms with Crippen LogP contribution in [0.15, 0.2) is 29.2 Å². The third-order valence-corrected chi connectivity index (χ3v) is 8.99. The Bertz CT molecular complexity index is 962. The number of nitrogens with zero attached hydrogens (tertiary/aromatic N) is 2. The van der Waals surface area contributed by atoms with Crippen molar-refractivity contribution in [2.75, 3.05) is 31.9 Å². The highest BCUT2D eigenvalue weighted by atomic mass is 32.2. The van der Waals surface area contributed by atoms with Crippen molar-refractivity contribution >= 4 is 21.6 Å². The number of benzene rings is 1. The minimum Gasteiger partial charge on any atom is -0.399 e. The van der Waals surface area contributed by atoms with Crippen molar-refractivity contribution in [2.24, 2.45) is 11.8 Å². The van der Waals surface area contributed by atoms with Gasteiger partial charge in [0.15, 0.2) is 0 Å². The molecule has 1 saturated carbocycles. The van der Waals surface area contributed by atoms with Crippen molar-refractivity contribution in [3.63, 3.8) is 0 Å². The van der Waals surface area contributed by atoms with Gasteiger partial charge in [-0.1, -0.05) is 32.3 Å². The van der Waals surface area contributed by atoms with Crippen LogP contribution in [0.25, 0.3) is 0 Å². The molecule has 1 aromatic carbocycles. The molecule has 9 heteroatoms. The van der Waals surface area contributed by atoms with E-state index in [9.17, 15) is 18.3 Å². The summed E-state index contributed by atoms with van der Waals surface area (Å²) in [6.07, 6.45) is 5.23. The van der Waals surface area contributed by atoms with Crippen LogP contribution in [0.3, 0.4) is 0 Å². The second kappa shape index (κ2) is 11.6. The highest BCUT2D eigenvalue weighted by Crippen LogP contribution is 2.38. The third-order valence-electron chi connectivity index (χ3n) is 7.13. The number of hydrogen-bond acceptors (Lipinski definition) is 6. The molecule has 1 heterocycles. The summed E-state index contributed by atoms with van der Waals surface area (Å²) >= 11 is 0. The van der Waals surface area contributed by atoms with Crippen molar-refractivity contribution in [3.8, 4) is 0 Å². The van der Waals surface area contributed by atoms with Gasteiger partial charge in [-0.2, -0.15) is 4.31 Å². The van der Waals surface area contributed by atoms with E-state index in [0.717, 1.165) is 25.8 Å². The van der Waals surface area contributed by atoms with E-state index in [4.69, 9.17) is 5.73 Å². The lowest BCUT2D eigenvalue weighted by molar-refractivity contribution is -0.132. The number of hydrogen-bond donors (Lipinski definition) is 3. The average Bonchev–Trinajstić information content (AvgIpc) is 2.77. The van der Waals surface area contributed by atoms with Gasteiger partial charge in [0.2, 0.25) is 15.9 Å². The van der Waals surface area contributed by atoms with Gasteiger partial charge in [0, 0.05) is 37.4 Å². The second-order valence-electron chi connectivity index (χ2n) is 11.3. The Morgan fingerprint density at radius 2 is 1.94 bits per heavy atom. The predicted octanol–water partition coefficient (Wildman–Crippen LogP) is 2.83. The molecule has 0 bridgehead atoms. The molecule has 1 aliphatic heterocycles. The molecule has 0 aromatic heterocycles. The molecule has 1 amide bonds. The number of nitrogens with two attached hydrogens (primary N) is 1. The quantitative estimate of drug-likeness (QED) is 0.442. The lowest BCUT2D eigenvalue weighted by Gasteiger charge is -2.46. The number of carbonyl (C=O) groups is 1. The van der Waals surface area contributed by atoms with E-state index in [1.54, 1.807) is 12.1 Å². The number of anilines is 1. The summed E-state index contributed by atoms with van der Waals surface area (Å²) in [5, 5.41) is 14.2. The summed E-state index contributed by atoms with van der Waals surface area (Å²) in [7, 11) is -3.80. The van der Waals surface area contributed by atoms with E-state index >= 15 is 0 Å². The van der Waals surface area contributed by atoms with Gasteiger partial charge in [-0.15, -0.1) is 0 Å². The van der Waals surface area contributed by atoms with Crippen LogP contribution in [0.1, 0.15) is 66.2 Å². The summed E-state index contributed by atoms with van der Waals surface area (Å²) in [5.41, 5.74) is 5.86. The highest BCUT2D eigenvalue weighted by Gasteiger charge is 2.41. The molecule has 4 atom stereocenters. The summed E-state index contributed by atoms with van der Waals surface area (Å²) in [6, 6.07) is 5.94. The van der Waals surface area contributed by atoms with Gasteiger partial charge < -0.3 is 16.2 Å². The molecule has 198 valence electrons. The van der Waals surface area contributed by atoms with Crippen molar-refractivity contribution in [2.45, 2.75) is 88.8 Å². The van der Waals surface area contributed by atoms with E-state index in [1.807, 2.05) is 27.7 Å². The highest BCUT2D eigenvalue weighted by molar-refractivity contribution is 7.89. The van der Waals surface area contributed by atoms with E-state index in [-0.39, 0.29) is 35.5 Å². The van der Waals surface area contributed by atoms with E-state index in [0.29, 0.717) is 30.5 Å². The fourth-order valence-corrected chi connectivity index (χ4v) is 7.20. The van der Waals surface area contributed by atoms with Crippen LogP contribution in [0.2, 0.25) is 0 Å². The summed E-state index contributed by atoms with van der Waals surface area (Å²) in [6.45, 7) is 9.13. The van der Waals surface area contributed by atoms with E-state index in [2.05, 4.69) is 10.2 Å². The molecule has 1 aliphatic carbocycles. The molecule has 0 unspecified atom stereocenters. The maximum atomic E-state index is 13.3. The first-order valence-electron chi connectivity index (χ1n) is 13.0. The number of nitrogen functional groups attached to an aromatic ring is 1. The second-order valence-corrected chi connectivity index (χ2v) is 13.3.